The van der Waals surface area contributed by atoms with Gasteiger partial charge in [-0.05, 0) is 24.5 Å². The summed E-state index contributed by atoms with van der Waals surface area (Å²) in [6, 6.07) is 8.34. The van der Waals surface area contributed by atoms with E-state index in [4.69, 9.17) is 11.6 Å². The minimum absolute atomic E-state index is 1.01. The van der Waals surface area contributed by atoms with Gasteiger partial charge in [-0.2, -0.15) is 0 Å². The summed E-state index contributed by atoms with van der Waals surface area (Å²) in [5, 5.41) is 0. The molecule has 0 saturated heterocycles. The average molecular weight is 182 g/mol. The zero-order valence-corrected chi connectivity index (χ0v) is 8.32. The van der Waals surface area contributed by atoms with Crippen LogP contribution >= 0.6 is 0 Å². The number of hydrogen-bond acceptors (Lipinski definition) is 0. The van der Waals surface area contributed by atoms with Crippen LogP contribution in [0, 0.1) is 18.5 Å². The molecule has 0 aliphatic rings. The van der Waals surface area contributed by atoms with E-state index in [1.165, 1.54) is 16.7 Å². The van der Waals surface area contributed by atoms with Crippen molar-refractivity contribution in [2.24, 2.45) is 0 Å². The smallest absolute Gasteiger partial charge is 0.0620 e. The van der Waals surface area contributed by atoms with Crippen LogP contribution in [0.15, 0.2) is 29.8 Å². The second-order valence-corrected chi connectivity index (χ2v) is 3.05. The first kappa shape index (κ1) is 9.34. The van der Waals surface area contributed by atoms with E-state index in [-0.39, 0.29) is 0 Å². The predicted molar refractivity (Wildman–Crippen MR) is 50.8 cm³/mol. The molecule has 1 aromatic rings. The summed E-state index contributed by atoms with van der Waals surface area (Å²) in [7, 11) is 0. The largest absolute Gasteiger partial charge is 0.194 e. The molecule has 0 N–H and O–H groups in total. The van der Waals surface area contributed by atoms with Gasteiger partial charge in [0.25, 0.3) is 0 Å². The van der Waals surface area contributed by atoms with E-state index in [1.54, 1.807) is 5.54 Å². The molecule has 0 aliphatic heterocycles. The van der Waals surface area contributed by atoms with Crippen LogP contribution in [0.3, 0.4) is 0 Å². The number of allylic oxidation sites excluding steroid dienone is 1. The fraction of sp³-hybridized carbons (Fsp3) is 0.273. The predicted octanol–water partition coefficient (Wildman–Crippen LogP) is 3.03. The lowest BCUT2D eigenvalue weighted by atomic mass is 10.0. The molecule has 0 radical (unpaired) electrons. The van der Waals surface area contributed by atoms with Gasteiger partial charge in [0.2, 0.25) is 0 Å². The zero-order valence-electron chi connectivity index (χ0n) is 7.50. The van der Waals surface area contributed by atoms with Crippen molar-refractivity contribution < 1.29 is 11.6 Å². The van der Waals surface area contributed by atoms with Crippen molar-refractivity contribution >= 4 is 5.57 Å². The van der Waals surface area contributed by atoms with Crippen molar-refractivity contribution in [3.8, 4) is 0 Å². The lowest BCUT2D eigenvalue weighted by molar-refractivity contribution is -0.273. The number of aryl methyl sites for hydroxylation is 1. The highest BCUT2D eigenvalue weighted by atomic mass is 35.5. The Morgan fingerprint density at radius 3 is 2.58 bits per heavy atom. The summed E-state index contributed by atoms with van der Waals surface area (Å²) in [6.45, 7) is 4.24. The van der Waals surface area contributed by atoms with Crippen LogP contribution in [0.2, 0.25) is 0 Å². The second kappa shape index (κ2) is 4.32. The normalized spacial score (nSPS) is 11.8. The third-order valence-electron chi connectivity index (χ3n) is 2.01. The van der Waals surface area contributed by atoms with Gasteiger partial charge in [0.1, 0.15) is 11.6 Å². The molecule has 12 heavy (non-hydrogen) atoms. The van der Waals surface area contributed by atoms with Gasteiger partial charge in [-0.3, -0.25) is 0 Å². The number of rotatable bonds is 2. The van der Waals surface area contributed by atoms with E-state index < -0.39 is 0 Å². The van der Waals surface area contributed by atoms with Crippen LogP contribution in [-0.4, -0.2) is 0 Å². The van der Waals surface area contributed by atoms with Gasteiger partial charge in [0.15, 0.2) is 5.54 Å². The molecular weight excluding hydrogens is 168 g/mol. The van der Waals surface area contributed by atoms with Crippen molar-refractivity contribution in [1.82, 2.24) is 0 Å². The molecular formula is C11H14Cl+. The summed E-state index contributed by atoms with van der Waals surface area (Å²) >= 11 is 4.95. The van der Waals surface area contributed by atoms with Crippen molar-refractivity contribution in [3.63, 3.8) is 0 Å². The molecule has 0 unspecified atom stereocenters. The van der Waals surface area contributed by atoms with E-state index >= 15 is 0 Å². The topological polar surface area (TPSA) is 0 Å². The van der Waals surface area contributed by atoms with Gasteiger partial charge < -0.3 is 0 Å². The van der Waals surface area contributed by atoms with Crippen LogP contribution in [0.5, 0.6) is 0 Å². The SMILES string of the molecule is CC/C(=C\[ClH+])c1ccccc1C. The average Bonchev–Trinajstić information content (AvgIpc) is 2.10. The molecule has 0 aliphatic carbocycles. The maximum Gasteiger partial charge on any atom is 0.194 e. The lowest BCUT2D eigenvalue weighted by Crippen LogP contribution is -1.86. The monoisotopic (exact) mass is 181 g/mol. The molecule has 1 aromatic carbocycles. The molecule has 0 atom stereocenters. The van der Waals surface area contributed by atoms with Crippen LogP contribution < -0.4 is 0 Å². The summed E-state index contributed by atoms with van der Waals surface area (Å²) in [5.41, 5.74) is 5.62. The van der Waals surface area contributed by atoms with E-state index in [2.05, 4.69) is 38.1 Å². The summed E-state index contributed by atoms with van der Waals surface area (Å²) in [5.74, 6) is 0. The molecule has 0 bridgehead atoms. The fourth-order valence-corrected chi connectivity index (χ4v) is 1.56. The second-order valence-electron chi connectivity index (χ2n) is 2.81. The first-order valence-corrected chi connectivity index (χ1v) is 4.63. The highest BCUT2D eigenvalue weighted by Gasteiger charge is 2.03. The van der Waals surface area contributed by atoms with Gasteiger partial charge in [-0.25, -0.2) is 0 Å². The van der Waals surface area contributed by atoms with Gasteiger partial charge in [-0.15, -0.1) is 0 Å². The lowest BCUT2D eigenvalue weighted by Gasteiger charge is -2.04. The van der Waals surface area contributed by atoms with E-state index in [0.29, 0.717) is 0 Å². The van der Waals surface area contributed by atoms with Gasteiger partial charge in [0.05, 0.1) is 0 Å². The Kier molecular flexibility index (Phi) is 3.36. The highest BCUT2D eigenvalue weighted by Crippen LogP contribution is 2.20. The maximum atomic E-state index is 4.95. The van der Waals surface area contributed by atoms with Crippen LogP contribution in [-0.2, 0) is 0 Å². The molecule has 0 amide bonds. The van der Waals surface area contributed by atoms with Gasteiger partial charge in [-0.1, -0.05) is 31.2 Å². The van der Waals surface area contributed by atoms with Crippen molar-refractivity contribution in [3.05, 3.63) is 40.9 Å². The standard InChI is InChI=1S/C11H14Cl/c1-3-10(8-12)11-7-5-4-6-9(11)2/h4-8,12H,3H2,1-2H3/q+1/b10-8+. The molecule has 0 heterocycles. The minimum Gasteiger partial charge on any atom is -0.0620 e. The molecule has 0 nitrogen and oxygen atoms in total. The molecule has 0 spiro atoms. The number of benzene rings is 1. The van der Waals surface area contributed by atoms with Gasteiger partial charge in [0, 0.05) is 5.57 Å². The minimum atomic E-state index is 1.01. The van der Waals surface area contributed by atoms with Crippen molar-refractivity contribution in [1.29, 1.82) is 0 Å². The van der Waals surface area contributed by atoms with Crippen LogP contribution in [0.4, 0.5) is 0 Å². The highest BCUT2D eigenvalue weighted by molar-refractivity contribution is 5.66. The van der Waals surface area contributed by atoms with Crippen LogP contribution in [0.1, 0.15) is 24.5 Å². The van der Waals surface area contributed by atoms with E-state index in [0.717, 1.165) is 6.42 Å². The Balaban J connectivity index is 3.10. The Morgan fingerprint density at radius 2 is 2.08 bits per heavy atom. The molecule has 1 heteroatoms. The number of halogens is 1. The van der Waals surface area contributed by atoms with Crippen LogP contribution in [0.25, 0.3) is 5.57 Å². The quantitative estimate of drug-likeness (QED) is 0.658. The summed E-state index contributed by atoms with van der Waals surface area (Å²) in [6.07, 6.45) is 1.01. The number of hydrogen-bond donors (Lipinski definition) is 0. The molecule has 0 saturated carbocycles. The Labute approximate surface area is 78.9 Å². The van der Waals surface area contributed by atoms with E-state index in [9.17, 15) is 0 Å². The van der Waals surface area contributed by atoms with E-state index in [1.807, 2.05) is 0 Å². The first-order valence-electron chi connectivity index (χ1n) is 4.16. The zero-order chi connectivity index (χ0) is 8.97. The Hall–Kier alpha value is -0.750. The van der Waals surface area contributed by atoms with Gasteiger partial charge >= 0.3 is 0 Å². The van der Waals surface area contributed by atoms with Crippen molar-refractivity contribution in [2.45, 2.75) is 20.3 Å². The molecule has 0 fully saturated rings. The Bertz CT molecular complexity index is 287. The third kappa shape index (κ3) is 1.89. The molecule has 64 valence electrons. The third-order valence-corrected chi connectivity index (χ3v) is 2.30. The molecule has 0 aromatic heterocycles. The molecule has 1 rings (SSSR count). The van der Waals surface area contributed by atoms with Crippen molar-refractivity contribution in [2.75, 3.05) is 0 Å². The Morgan fingerprint density at radius 1 is 1.42 bits per heavy atom. The maximum absolute atomic E-state index is 4.95. The first-order chi connectivity index (χ1) is 5.79. The fourth-order valence-electron chi connectivity index (χ4n) is 1.27. The summed E-state index contributed by atoms with van der Waals surface area (Å²) < 4.78 is 0. The summed E-state index contributed by atoms with van der Waals surface area (Å²) in [4.78, 5) is 0.